The van der Waals surface area contributed by atoms with E-state index in [1.807, 2.05) is 24.4 Å². The molecule has 2 N–H and O–H groups in total. The number of para-hydroxylation sites is 1. The number of hydrogen-bond donors (Lipinski definition) is 2. The van der Waals surface area contributed by atoms with Crippen molar-refractivity contribution in [3.05, 3.63) is 47.9 Å². The molecule has 0 atom stereocenters. The van der Waals surface area contributed by atoms with Crippen LogP contribution in [0.2, 0.25) is 0 Å². The van der Waals surface area contributed by atoms with Crippen LogP contribution in [0, 0.1) is 0 Å². The van der Waals surface area contributed by atoms with Crippen LogP contribution in [0.15, 0.2) is 41.1 Å². The SMILES string of the molecule is COc1cc(C(=O)NCCc2c[nH]c3ccccc23)on1. The number of aromatic nitrogens is 2. The maximum atomic E-state index is 11.9. The molecule has 2 aromatic heterocycles. The van der Waals surface area contributed by atoms with Crippen LogP contribution in [0.3, 0.4) is 0 Å². The number of fused-ring (bicyclic) bond motifs is 1. The van der Waals surface area contributed by atoms with Gasteiger partial charge in [0.05, 0.1) is 13.2 Å². The fourth-order valence-corrected chi connectivity index (χ4v) is 2.20. The zero-order valence-electron chi connectivity index (χ0n) is 11.6. The molecule has 1 aromatic carbocycles. The normalized spacial score (nSPS) is 10.7. The van der Waals surface area contributed by atoms with Crippen LogP contribution in [0.1, 0.15) is 16.1 Å². The molecule has 2 heterocycles. The Hall–Kier alpha value is -2.76. The molecule has 0 aliphatic carbocycles. The third-order valence-electron chi connectivity index (χ3n) is 3.28. The standard InChI is InChI=1S/C15H15N3O3/c1-20-14-8-13(21-18-14)15(19)16-7-6-10-9-17-12-5-3-2-4-11(10)12/h2-5,8-9,17H,6-7H2,1H3,(H,16,19). The highest BCUT2D eigenvalue weighted by Gasteiger charge is 2.13. The summed E-state index contributed by atoms with van der Waals surface area (Å²) in [5, 5.41) is 7.56. The fraction of sp³-hybridized carbons (Fsp3) is 0.200. The summed E-state index contributed by atoms with van der Waals surface area (Å²) >= 11 is 0. The van der Waals surface area contributed by atoms with Crippen molar-refractivity contribution in [3.8, 4) is 5.88 Å². The van der Waals surface area contributed by atoms with Gasteiger partial charge in [0.1, 0.15) is 0 Å². The van der Waals surface area contributed by atoms with E-state index in [1.54, 1.807) is 0 Å². The number of amides is 1. The monoisotopic (exact) mass is 285 g/mol. The average molecular weight is 285 g/mol. The van der Waals surface area contributed by atoms with Gasteiger partial charge < -0.3 is 19.6 Å². The molecule has 0 saturated carbocycles. The molecule has 6 heteroatoms. The molecule has 0 fully saturated rings. The molecule has 1 amide bonds. The van der Waals surface area contributed by atoms with Crippen molar-refractivity contribution >= 4 is 16.8 Å². The van der Waals surface area contributed by atoms with Gasteiger partial charge in [0.2, 0.25) is 5.76 Å². The van der Waals surface area contributed by atoms with Gasteiger partial charge in [-0.3, -0.25) is 4.79 Å². The van der Waals surface area contributed by atoms with Crippen molar-refractivity contribution in [3.63, 3.8) is 0 Å². The molecule has 0 saturated heterocycles. The Balaban J connectivity index is 1.59. The van der Waals surface area contributed by atoms with Crippen molar-refractivity contribution in [1.82, 2.24) is 15.5 Å². The first-order chi connectivity index (χ1) is 10.3. The summed E-state index contributed by atoms with van der Waals surface area (Å²) in [4.78, 5) is 15.1. The first-order valence-electron chi connectivity index (χ1n) is 6.62. The van der Waals surface area contributed by atoms with Gasteiger partial charge in [-0.25, -0.2) is 0 Å². The highest BCUT2D eigenvalue weighted by molar-refractivity contribution is 5.91. The van der Waals surface area contributed by atoms with Crippen molar-refractivity contribution in [2.45, 2.75) is 6.42 Å². The van der Waals surface area contributed by atoms with Crippen LogP contribution in [0.4, 0.5) is 0 Å². The molecule has 0 bridgehead atoms. The molecular formula is C15H15N3O3. The first-order valence-corrected chi connectivity index (χ1v) is 6.62. The van der Waals surface area contributed by atoms with E-state index < -0.39 is 0 Å². The third-order valence-corrected chi connectivity index (χ3v) is 3.28. The average Bonchev–Trinajstić information content (AvgIpc) is 3.14. The summed E-state index contributed by atoms with van der Waals surface area (Å²) in [6, 6.07) is 9.53. The minimum atomic E-state index is -0.300. The van der Waals surface area contributed by atoms with E-state index in [-0.39, 0.29) is 17.5 Å². The minimum absolute atomic E-state index is 0.144. The molecule has 21 heavy (non-hydrogen) atoms. The van der Waals surface area contributed by atoms with E-state index >= 15 is 0 Å². The van der Waals surface area contributed by atoms with E-state index in [0.29, 0.717) is 6.54 Å². The molecule has 6 nitrogen and oxygen atoms in total. The number of nitrogens with zero attached hydrogens (tertiary/aromatic N) is 1. The number of carbonyl (C=O) groups is 1. The number of benzene rings is 1. The number of methoxy groups -OCH3 is 1. The summed E-state index contributed by atoms with van der Waals surface area (Å²) < 4.78 is 9.75. The molecule has 108 valence electrons. The number of ether oxygens (including phenoxy) is 1. The van der Waals surface area contributed by atoms with E-state index in [0.717, 1.165) is 11.9 Å². The Kier molecular flexibility index (Phi) is 3.59. The van der Waals surface area contributed by atoms with E-state index in [1.165, 1.54) is 24.1 Å². The van der Waals surface area contributed by atoms with Crippen LogP contribution in [0.5, 0.6) is 5.88 Å². The number of rotatable bonds is 5. The van der Waals surface area contributed by atoms with Crippen LogP contribution in [-0.4, -0.2) is 29.7 Å². The van der Waals surface area contributed by atoms with Gasteiger partial charge in [0, 0.05) is 23.6 Å². The second-order valence-electron chi connectivity index (χ2n) is 4.60. The second kappa shape index (κ2) is 5.70. The molecule has 0 unspecified atom stereocenters. The van der Waals surface area contributed by atoms with Gasteiger partial charge in [-0.05, 0) is 23.2 Å². The predicted molar refractivity (Wildman–Crippen MR) is 77.4 cm³/mol. The van der Waals surface area contributed by atoms with Crippen molar-refractivity contribution in [2.24, 2.45) is 0 Å². The van der Waals surface area contributed by atoms with Crippen molar-refractivity contribution in [1.29, 1.82) is 0 Å². The summed E-state index contributed by atoms with van der Waals surface area (Å²) in [5.41, 5.74) is 2.26. The molecule has 3 aromatic rings. The Labute approximate surface area is 121 Å². The van der Waals surface area contributed by atoms with Crippen molar-refractivity contribution < 1.29 is 14.1 Å². The quantitative estimate of drug-likeness (QED) is 0.752. The Bertz CT molecular complexity index is 760. The van der Waals surface area contributed by atoms with Crippen LogP contribution in [-0.2, 0) is 6.42 Å². The van der Waals surface area contributed by atoms with Gasteiger partial charge in [-0.2, -0.15) is 0 Å². The maximum Gasteiger partial charge on any atom is 0.290 e. The lowest BCUT2D eigenvalue weighted by Crippen LogP contribution is -2.25. The summed E-state index contributed by atoms with van der Waals surface area (Å²) in [5.74, 6) is 0.133. The van der Waals surface area contributed by atoms with Gasteiger partial charge in [-0.1, -0.05) is 18.2 Å². The van der Waals surface area contributed by atoms with E-state index in [9.17, 15) is 4.79 Å². The fourth-order valence-electron chi connectivity index (χ4n) is 2.20. The van der Waals surface area contributed by atoms with Crippen LogP contribution in [0.25, 0.3) is 10.9 Å². The van der Waals surface area contributed by atoms with Crippen LogP contribution < -0.4 is 10.1 Å². The number of H-pyrrole nitrogens is 1. The van der Waals surface area contributed by atoms with Gasteiger partial charge >= 0.3 is 0 Å². The zero-order valence-corrected chi connectivity index (χ0v) is 11.6. The van der Waals surface area contributed by atoms with E-state index in [2.05, 4.69) is 21.5 Å². The lowest BCUT2D eigenvalue weighted by atomic mass is 10.1. The molecule has 3 rings (SSSR count). The van der Waals surface area contributed by atoms with Gasteiger partial charge in [0.15, 0.2) is 0 Å². The summed E-state index contributed by atoms with van der Waals surface area (Å²) in [6.07, 6.45) is 2.70. The summed E-state index contributed by atoms with van der Waals surface area (Å²) in [6.45, 7) is 0.518. The highest BCUT2D eigenvalue weighted by Crippen LogP contribution is 2.17. The second-order valence-corrected chi connectivity index (χ2v) is 4.60. The Morgan fingerprint density at radius 1 is 1.43 bits per heavy atom. The largest absolute Gasteiger partial charge is 0.479 e. The molecule has 0 aliphatic rings. The number of carbonyl (C=O) groups excluding carboxylic acids is 1. The van der Waals surface area contributed by atoms with Crippen molar-refractivity contribution in [2.75, 3.05) is 13.7 Å². The number of nitrogens with one attached hydrogen (secondary N) is 2. The highest BCUT2D eigenvalue weighted by atomic mass is 16.5. The lowest BCUT2D eigenvalue weighted by molar-refractivity contribution is 0.0917. The van der Waals surface area contributed by atoms with E-state index in [4.69, 9.17) is 9.26 Å². The number of hydrogen-bond acceptors (Lipinski definition) is 4. The third kappa shape index (κ3) is 2.74. The zero-order chi connectivity index (χ0) is 14.7. The topological polar surface area (TPSA) is 80.1 Å². The minimum Gasteiger partial charge on any atom is -0.479 e. The number of aromatic amines is 1. The predicted octanol–water partition coefficient (Wildman–Crippen LogP) is 2.14. The Morgan fingerprint density at radius 3 is 3.10 bits per heavy atom. The smallest absolute Gasteiger partial charge is 0.290 e. The maximum absolute atomic E-state index is 11.9. The molecule has 0 spiro atoms. The summed E-state index contributed by atoms with van der Waals surface area (Å²) in [7, 11) is 1.47. The lowest BCUT2D eigenvalue weighted by Gasteiger charge is -2.02. The Morgan fingerprint density at radius 2 is 2.29 bits per heavy atom. The molecule has 0 radical (unpaired) electrons. The molecule has 0 aliphatic heterocycles. The van der Waals surface area contributed by atoms with Gasteiger partial charge in [-0.15, -0.1) is 0 Å². The molecular weight excluding hydrogens is 270 g/mol. The first kappa shape index (κ1) is 13.2. The van der Waals surface area contributed by atoms with Crippen LogP contribution >= 0.6 is 0 Å². The van der Waals surface area contributed by atoms with Gasteiger partial charge in [0.25, 0.3) is 11.8 Å².